The second-order valence-corrected chi connectivity index (χ2v) is 3.77. The molecule has 0 aromatic carbocycles. The standard InChI is InChI=1S/C8H10O5.ClH/c9-3-1-2(7(10)11)4-5(3)6(4)8(12)13;/h2-6,9H,1H2,(H,10,11)(H,12,13);1H. The molecule has 0 bridgehead atoms. The Kier molecular flexibility index (Phi) is 2.74. The van der Waals surface area contributed by atoms with Crippen LogP contribution in [0.4, 0.5) is 0 Å². The molecule has 0 heterocycles. The molecule has 0 aromatic rings. The summed E-state index contributed by atoms with van der Waals surface area (Å²) < 4.78 is 0. The van der Waals surface area contributed by atoms with Gasteiger partial charge in [0.25, 0.3) is 0 Å². The van der Waals surface area contributed by atoms with Crippen molar-refractivity contribution in [3.05, 3.63) is 0 Å². The minimum atomic E-state index is -0.990. The number of carboxylic acid groups (broad SMARTS) is 2. The molecule has 5 atom stereocenters. The van der Waals surface area contributed by atoms with Gasteiger partial charge in [0.1, 0.15) is 0 Å². The highest BCUT2D eigenvalue weighted by atomic mass is 35.5. The van der Waals surface area contributed by atoms with Crippen molar-refractivity contribution in [2.75, 3.05) is 0 Å². The first kappa shape index (κ1) is 11.3. The summed E-state index contributed by atoms with van der Waals surface area (Å²) in [7, 11) is 0. The molecule has 2 saturated carbocycles. The van der Waals surface area contributed by atoms with Crippen LogP contribution in [-0.2, 0) is 9.59 Å². The highest BCUT2D eigenvalue weighted by Crippen LogP contribution is 2.60. The van der Waals surface area contributed by atoms with E-state index < -0.39 is 29.9 Å². The van der Waals surface area contributed by atoms with Gasteiger partial charge in [-0.3, -0.25) is 9.59 Å². The summed E-state index contributed by atoms with van der Waals surface area (Å²) in [5.74, 6) is -3.94. The Labute approximate surface area is 86.1 Å². The van der Waals surface area contributed by atoms with E-state index in [0.29, 0.717) is 0 Å². The molecule has 2 aliphatic rings. The Morgan fingerprint density at radius 2 is 1.64 bits per heavy atom. The molecule has 0 saturated heterocycles. The van der Waals surface area contributed by atoms with Crippen molar-refractivity contribution < 1.29 is 24.9 Å². The number of rotatable bonds is 2. The maximum atomic E-state index is 10.6. The number of halogens is 1. The highest BCUT2D eigenvalue weighted by Gasteiger charge is 2.67. The predicted octanol–water partition coefficient (Wildman–Crippen LogP) is -0.180. The normalized spacial score (nSPS) is 43.6. The first-order chi connectivity index (χ1) is 6.04. The number of hydrogen-bond acceptors (Lipinski definition) is 3. The Morgan fingerprint density at radius 1 is 1.07 bits per heavy atom. The van der Waals surface area contributed by atoms with E-state index in [2.05, 4.69) is 0 Å². The average Bonchev–Trinajstić information content (AvgIpc) is 2.66. The monoisotopic (exact) mass is 222 g/mol. The number of hydrogen-bond donors (Lipinski definition) is 3. The van der Waals surface area contributed by atoms with Crippen LogP contribution in [0.25, 0.3) is 0 Å². The van der Waals surface area contributed by atoms with Crippen molar-refractivity contribution in [3.8, 4) is 0 Å². The molecular weight excluding hydrogens is 212 g/mol. The Bertz CT molecular complexity index is 279. The maximum Gasteiger partial charge on any atom is 0.307 e. The van der Waals surface area contributed by atoms with Crippen molar-refractivity contribution in [1.82, 2.24) is 0 Å². The number of fused-ring (bicyclic) bond motifs is 1. The van der Waals surface area contributed by atoms with Crippen molar-refractivity contribution in [3.63, 3.8) is 0 Å². The van der Waals surface area contributed by atoms with Crippen LogP contribution < -0.4 is 0 Å². The average molecular weight is 223 g/mol. The van der Waals surface area contributed by atoms with Crippen LogP contribution in [0, 0.1) is 23.7 Å². The Balaban J connectivity index is 0.000000980. The smallest absolute Gasteiger partial charge is 0.307 e. The summed E-state index contributed by atoms with van der Waals surface area (Å²) in [6, 6.07) is 0. The molecule has 80 valence electrons. The van der Waals surface area contributed by atoms with Gasteiger partial charge < -0.3 is 15.3 Å². The molecule has 2 rings (SSSR count). The van der Waals surface area contributed by atoms with Gasteiger partial charge in [0.05, 0.1) is 17.9 Å². The number of aliphatic hydroxyl groups is 1. The summed E-state index contributed by atoms with van der Waals surface area (Å²) >= 11 is 0. The molecule has 2 aliphatic carbocycles. The summed E-state index contributed by atoms with van der Waals surface area (Å²) in [6.45, 7) is 0. The van der Waals surface area contributed by atoms with E-state index in [1.54, 1.807) is 0 Å². The molecule has 2 fully saturated rings. The van der Waals surface area contributed by atoms with Crippen LogP contribution in [0.5, 0.6) is 0 Å². The zero-order valence-corrected chi connectivity index (χ0v) is 7.98. The van der Waals surface area contributed by atoms with Gasteiger partial charge in [-0.05, 0) is 12.3 Å². The molecule has 6 heteroatoms. The van der Waals surface area contributed by atoms with E-state index >= 15 is 0 Å². The van der Waals surface area contributed by atoms with Crippen LogP contribution in [-0.4, -0.2) is 33.4 Å². The van der Waals surface area contributed by atoms with Crippen molar-refractivity contribution in [2.45, 2.75) is 12.5 Å². The number of aliphatic carboxylic acids is 2. The lowest BCUT2D eigenvalue weighted by molar-refractivity contribution is -0.144. The molecule has 0 aromatic heterocycles. The number of carboxylic acids is 2. The molecule has 0 aliphatic heterocycles. The largest absolute Gasteiger partial charge is 0.481 e. The Morgan fingerprint density at radius 3 is 2.00 bits per heavy atom. The topological polar surface area (TPSA) is 94.8 Å². The third kappa shape index (κ3) is 1.36. The van der Waals surface area contributed by atoms with Gasteiger partial charge in [-0.2, -0.15) is 0 Å². The van der Waals surface area contributed by atoms with Crippen molar-refractivity contribution >= 4 is 24.3 Å². The van der Waals surface area contributed by atoms with Gasteiger partial charge in [-0.15, -0.1) is 12.4 Å². The number of carbonyl (C=O) groups is 2. The summed E-state index contributed by atoms with van der Waals surface area (Å²) in [5.41, 5.74) is 0. The van der Waals surface area contributed by atoms with Crippen LogP contribution in [0.3, 0.4) is 0 Å². The zero-order chi connectivity index (χ0) is 9.75. The third-order valence-electron chi connectivity index (χ3n) is 3.14. The first-order valence-corrected chi connectivity index (χ1v) is 4.17. The second kappa shape index (κ2) is 3.40. The number of aliphatic hydroxyl groups excluding tert-OH is 1. The molecule has 0 radical (unpaired) electrons. The molecule has 3 N–H and O–H groups in total. The molecule has 0 spiro atoms. The Hall–Kier alpha value is -0.810. The summed E-state index contributed by atoms with van der Waals surface area (Å²) in [5, 5.41) is 26.7. The SMILES string of the molecule is Cl.O=C(O)C1CC(O)C2C(C(=O)O)C12. The van der Waals surface area contributed by atoms with Gasteiger partial charge in [0.15, 0.2) is 0 Å². The van der Waals surface area contributed by atoms with E-state index in [0.717, 1.165) is 0 Å². The first-order valence-electron chi connectivity index (χ1n) is 4.17. The van der Waals surface area contributed by atoms with E-state index in [-0.39, 0.29) is 30.7 Å². The fourth-order valence-corrected chi connectivity index (χ4v) is 2.54. The van der Waals surface area contributed by atoms with Gasteiger partial charge in [0, 0.05) is 5.92 Å². The lowest BCUT2D eigenvalue weighted by Gasteiger charge is -2.09. The van der Waals surface area contributed by atoms with E-state index in [4.69, 9.17) is 10.2 Å². The van der Waals surface area contributed by atoms with Crippen LogP contribution in [0.15, 0.2) is 0 Å². The van der Waals surface area contributed by atoms with Gasteiger partial charge in [0.2, 0.25) is 0 Å². The van der Waals surface area contributed by atoms with E-state index in [1.807, 2.05) is 0 Å². The minimum absolute atomic E-state index is 0. The highest BCUT2D eigenvalue weighted by molar-refractivity contribution is 5.85. The lowest BCUT2D eigenvalue weighted by Crippen LogP contribution is -2.21. The molecular formula is C8H11ClO5. The van der Waals surface area contributed by atoms with Crippen molar-refractivity contribution in [2.24, 2.45) is 23.7 Å². The van der Waals surface area contributed by atoms with Gasteiger partial charge in [-0.1, -0.05) is 0 Å². The van der Waals surface area contributed by atoms with Crippen LogP contribution in [0.2, 0.25) is 0 Å². The predicted molar refractivity (Wildman–Crippen MR) is 47.1 cm³/mol. The summed E-state index contributed by atoms with van der Waals surface area (Å²) in [6.07, 6.45) is -0.541. The fourth-order valence-electron chi connectivity index (χ4n) is 2.54. The van der Waals surface area contributed by atoms with Crippen LogP contribution >= 0.6 is 12.4 Å². The van der Waals surface area contributed by atoms with Gasteiger partial charge in [-0.25, -0.2) is 0 Å². The zero-order valence-electron chi connectivity index (χ0n) is 7.16. The van der Waals surface area contributed by atoms with E-state index in [9.17, 15) is 14.7 Å². The van der Waals surface area contributed by atoms with E-state index in [1.165, 1.54) is 0 Å². The molecule has 5 nitrogen and oxygen atoms in total. The van der Waals surface area contributed by atoms with Crippen molar-refractivity contribution in [1.29, 1.82) is 0 Å². The van der Waals surface area contributed by atoms with Gasteiger partial charge >= 0.3 is 11.9 Å². The molecule has 14 heavy (non-hydrogen) atoms. The fraction of sp³-hybridized carbons (Fsp3) is 0.750. The molecule has 0 amide bonds. The maximum absolute atomic E-state index is 10.6. The molecule has 5 unspecified atom stereocenters. The minimum Gasteiger partial charge on any atom is -0.481 e. The van der Waals surface area contributed by atoms with Crippen LogP contribution in [0.1, 0.15) is 6.42 Å². The second-order valence-electron chi connectivity index (χ2n) is 3.77. The lowest BCUT2D eigenvalue weighted by atomic mass is 9.99. The third-order valence-corrected chi connectivity index (χ3v) is 3.14. The quantitative estimate of drug-likeness (QED) is 0.603. The summed E-state index contributed by atoms with van der Waals surface area (Å²) in [4.78, 5) is 21.2.